The van der Waals surface area contributed by atoms with Crippen LogP contribution in [0, 0.1) is 6.92 Å². The molecule has 0 amide bonds. The molecular formula is C24H22O2. The van der Waals surface area contributed by atoms with Crippen LogP contribution in [0.15, 0.2) is 72.8 Å². The molecule has 130 valence electrons. The number of fused-ring (bicyclic) bond motifs is 3. The largest absolute Gasteiger partial charge is 0.290 e. The number of benzene rings is 3. The number of rotatable bonds is 1. The zero-order valence-corrected chi connectivity index (χ0v) is 15.3. The van der Waals surface area contributed by atoms with Gasteiger partial charge < -0.3 is 0 Å². The summed E-state index contributed by atoms with van der Waals surface area (Å²) in [5, 5.41) is 5.44. The molecule has 0 unspecified atom stereocenters. The zero-order chi connectivity index (χ0) is 18.7. The smallest absolute Gasteiger partial charge is 0.178 e. The van der Waals surface area contributed by atoms with Gasteiger partial charge in [0.15, 0.2) is 11.6 Å². The highest BCUT2D eigenvalue weighted by atomic mass is 16.1. The van der Waals surface area contributed by atoms with Crippen LogP contribution in [0.2, 0.25) is 0 Å². The summed E-state index contributed by atoms with van der Waals surface area (Å²) in [6.45, 7) is 6.66. The lowest BCUT2D eigenvalue weighted by molar-refractivity contribution is -0.113. The van der Waals surface area contributed by atoms with E-state index in [1.807, 2.05) is 0 Å². The standard InChI is InChI=1S/C18H18.C6H4O2/c1-12(2)14-7-10-17-15(11-14)8-9-16-13(3)5-4-6-18(16)17;7-5-1-2-6(8)4-3-5/h4-12H,1-3H3;1-4H. The molecule has 0 radical (unpaired) electrons. The van der Waals surface area contributed by atoms with Gasteiger partial charge in [-0.2, -0.15) is 0 Å². The van der Waals surface area contributed by atoms with Gasteiger partial charge >= 0.3 is 0 Å². The summed E-state index contributed by atoms with van der Waals surface area (Å²) in [4.78, 5) is 20.6. The Balaban J connectivity index is 0.000000206. The molecule has 0 heterocycles. The average Bonchev–Trinajstić information content (AvgIpc) is 2.64. The molecule has 0 saturated heterocycles. The first-order chi connectivity index (χ1) is 12.5. The Morgan fingerprint density at radius 1 is 0.692 bits per heavy atom. The lowest BCUT2D eigenvalue weighted by atomic mass is 9.95. The van der Waals surface area contributed by atoms with Crippen LogP contribution in [0.5, 0.6) is 0 Å². The molecule has 2 heteroatoms. The fraction of sp³-hybridized carbons (Fsp3) is 0.167. The Hall–Kier alpha value is -3.00. The van der Waals surface area contributed by atoms with E-state index in [2.05, 4.69) is 69.3 Å². The predicted octanol–water partition coefficient (Wildman–Crippen LogP) is 5.68. The molecule has 0 atom stereocenters. The number of carbonyl (C=O) groups excluding carboxylic acids is 2. The Morgan fingerprint density at radius 3 is 1.92 bits per heavy atom. The summed E-state index contributed by atoms with van der Waals surface area (Å²) >= 11 is 0. The summed E-state index contributed by atoms with van der Waals surface area (Å²) < 4.78 is 0. The van der Waals surface area contributed by atoms with E-state index in [-0.39, 0.29) is 11.6 Å². The van der Waals surface area contributed by atoms with Gasteiger partial charge in [-0.3, -0.25) is 9.59 Å². The van der Waals surface area contributed by atoms with Gasteiger partial charge in [0, 0.05) is 0 Å². The fourth-order valence-electron chi connectivity index (χ4n) is 3.07. The topological polar surface area (TPSA) is 34.1 Å². The molecule has 3 aromatic rings. The van der Waals surface area contributed by atoms with E-state index in [4.69, 9.17) is 0 Å². The van der Waals surface area contributed by atoms with Crippen LogP contribution < -0.4 is 0 Å². The van der Waals surface area contributed by atoms with Crippen molar-refractivity contribution in [2.45, 2.75) is 26.7 Å². The molecule has 2 nitrogen and oxygen atoms in total. The third kappa shape index (κ3) is 3.80. The Bertz CT molecular complexity index is 1010. The van der Waals surface area contributed by atoms with E-state index in [1.165, 1.54) is 57.0 Å². The second-order valence-corrected chi connectivity index (χ2v) is 6.84. The van der Waals surface area contributed by atoms with Crippen molar-refractivity contribution in [1.29, 1.82) is 0 Å². The number of ketones is 2. The van der Waals surface area contributed by atoms with Gasteiger partial charge in [0.05, 0.1) is 0 Å². The molecule has 0 aromatic heterocycles. The van der Waals surface area contributed by atoms with Crippen LogP contribution in [0.25, 0.3) is 21.5 Å². The Morgan fingerprint density at radius 2 is 1.31 bits per heavy atom. The highest BCUT2D eigenvalue weighted by Gasteiger charge is 2.05. The van der Waals surface area contributed by atoms with Crippen LogP contribution in [-0.4, -0.2) is 11.6 Å². The van der Waals surface area contributed by atoms with E-state index in [1.54, 1.807) is 0 Å². The maximum absolute atomic E-state index is 10.3. The molecular weight excluding hydrogens is 320 g/mol. The second kappa shape index (κ2) is 7.49. The first kappa shape index (κ1) is 17.8. The minimum atomic E-state index is -0.121. The number of hydrogen-bond donors (Lipinski definition) is 0. The summed E-state index contributed by atoms with van der Waals surface area (Å²) in [7, 11) is 0. The van der Waals surface area contributed by atoms with Gasteiger partial charge in [-0.15, -0.1) is 0 Å². The highest BCUT2D eigenvalue weighted by molar-refractivity contribution is 6.14. The van der Waals surface area contributed by atoms with E-state index < -0.39 is 0 Å². The van der Waals surface area contributed by atoms with Crippen LogP contribution in [0.1, 0.15) is 30.9 Å². The molecule has 0 aliphatic heterocycles. The molecule has 0 bridgehead atoms. The number of aryl methyl sites for hydroxylation is 1. The molecule has 1 aliphatic carbocycles. The summed E-state index contributed by atoms with van der Waals surface area (Å²) in [6, 6.07) is 17.9. The first-order valence-electron chi connectivity index (χ1n) is 8.82. The van der Waals surface area contributed by atoms with Crippen molar-refractivity contribution in [2.24, 2.45) is 0 Å². The minimum absolute atomic E-state index is 0.121. The van der Waals surface area contributed by atoms with Crippen molar-refractivity contribution in [3.05, 3.63) is 84.0 Å². The van der Waals surface area contributed by atoms with Crippen LogP contribution in [0.4, 0.5) is 0 Å². The van der Waals surface area contributed by atoms with Gasteiger partial charge in [0.25, 0.3) is 0 Å². The SMILES string of the molecule is Cc1cccc2c1ccc1cc(C(C)C)ccc12.O=C1C=CC(=O)C=C1. The van der Waals surface area contributed by atoms with Gasteiger partial charge in [-0.1, -0.05) is 62.4 Å². The van der Waals surface area contributed by atoms with Gasteiger partial charge in [0.1, 0.15) is 0 Å². The van der Waals surface area contributed by atoms with E-state index in [0.717, 1.165) is 0 Å². The van der Waals surface area contributed by atoms with Crippen molar-refractivity contribution >= 4 is 33.1 Å². The molecule has 0 fully saturated rings. The minimum Gasteiger partial charge on any atom is -0.290 e. The summed E-state index contributed by atoms with van der Waals surface area (Å²) in [5.74, 6) is 0.344. The fourth-order valence-corrected chi connectivity index (χ4v) is 3.07. The highest BCUT2D eigenvalue weighted by Crippen LogP contribution is 2.29. The predicted molar refractivity (Wildman–Crippen MR) is 109 cm³/mol. The monoisotopic (exact) mass is 342 g/mol. The average molecular weight is 342 g/mol. The lowest BCUT2D eigenvalue weighted by Crippen LogP contribution is -1.97. The molecule has 26 heavy (non-hydrogen) atoms. The molecule has 0 saturated carbocycles. The van der Waals surface area contributed by atoms with Crippen molar-refractivity contribution in [3.8, 4) is 0 Å². The third-order valence-corrected chi connectivity index (χ3v) is 4.61. The van der Waals surface area contributed by atoms with E-state index in [9.17, 15) is 9.59 Å². The molecule has 3 aromatic carbocycles. The molecule has 0 spiro atoms. The molecule has 4 rings (SSSR count). The van der Waals surface area contributed by atoms with Gasteiger partial charge in [-0.05, 0) is 69.8 Å². The van der Waals surface area contributed by atoms with Crippen LogP contribution in [0.3, 0.4) is 0 Å². The Kier molecular flexibility index (Phi) is 5.13. The van der Waals surface area contributed by atoms with Gasteiger partial charge in [0.2, 0.25) is 0 Å². The number of allylic oxidation sites excluding steroid dienone is 4. The molecule has 1 aliphatic rings. The Labute approximate surface area is 153 Å². The van der Waals surface area contributed by atoms with Crippen molar-refractivity contribution in [3.63, 3.8) is 0 Å². The van der Waals surface area contributed by atoms with Crippen LogP contribution >= 0.6 is 0 Å². The van der Waals surface area contributed by atoms with Crippen molar-refractivity contribution < 1.29 is 9.59 Å². The first-order valence-corrected chi connectivity index (χ1v) is 8.82. The summed E-state index contributed by atoms with van der Waals surface area (Å²) in [5.41, 5.74) is 2.76. The molecule has 0 N–H and O–H groups in total. The number of hydrogen-bond acceptors (Lipinski definition) is 2. The van der Waals surface area contributed by atoms with Gasteiger partial charge in [-0.25, -0.2) is 0 Å². The van der Waals surface area contributed by atoms with Crippen molar-refractivity contribution in [2.75, 3.05) is 0 Å². The van der Waals surface area contributed by atoms with E-state index in [0.29, 0.717) is 5.92 Å². The third-order valence-electron chi connectivity index (χ3n) is 4.61. The maximum atomic E-state index is 10.3. The number of carbonyl (C=O) groups is 2. The normalized spacial score (nSPS) is 13.4. The van der Waals surface area contributed by atoms with E-state index >= 15 is 0 Å². The van der Waals surface area contributed by atoms with Crippen LogP contribution in [-0.2, 0) is 9.59 Å². The second-order valence-electron chi connectivity index (χ2n) is 6.84. The quantitative estimate of drug-likeness (QED) is 0.421. The van der Waals surface area contributed by atoms with Crippen molar-refractivity contribution in [1.82, 2.24) is 0 Å². The lowest BCUT2D eigenvalue weighted by Gasteiger charge is -2.10. The summed E-state index contributed by atoms with van der Waals surface area (Å²) in [6.07, 6.45) is 5.01. The zero-order valence-electron chi connectivity index (χ0n) is 15.3. The maximum Gasteiger partial charge on any atom is 0.178 e.